The summed E-state index contributed by atoms with van der Waals surface area (Å²) < 4.78 is 1.68. The maximum Gasteiger partial charge on any atom is 0.258 e. The topological polar surface area (TPSA) is 43.2 Å². The second-order valence-corrected chi connectivity index (χ2v) is 7.64. The minimum atomic E-state index is 0.0211. The molecule has 144 valence electrons. The molecule has 1 aliphatic rings. The van der Waals surface area contributed by atoms with E-state index < -0.39 is 0 Å². The third-order valence-corrected chi connectivity index (χ3v) is 5.54. The maximum atomic E-state index is 12.5. The molecule has 1 fully saturated rings. The number of rotatable bonds is 5. The van der Waals surface area contributed by atoms with Crippen molar-refractivity contribution in [2.24, 2.45) is 0 Å². The minimum absolute atomic E-state index is 0.0211. The normalized spacial score (nSPS) is 20.0. The van der Waals surface area contributed by atoms with Gasteiger partial charge in [-0.15, -0.1) is 0 Å². The van der Waals surface area contributed by atoms with Crippen LogP contribution in [0.4, 0.5) is 0 Å². The summed E-state index contributed by atoms with van der Waals surface area (Å²) in [6.45, 7) is 8.37. The van der Waals surface area contributed by atoms with Gasteiger partial charge in [-0.05, 0) is 30.7 Å². The first-order valence-electron chi connectivity index (χ1n) is 10.1. The van der Waals surface area contributed by atoms with Crippen LogP contribution in [0.1, 0.15) is 17.0 Å². The lowest BCUT2D eigenvalue weighted by Gasteiger charge is -2.28. The number of hydrogen-bond acceptors (Lipinski definition) is 2. The molecule has 4 rings (SSSR count). The monoisotopic (exact) mass is 376 g/mol. The van der Waals surface area contributed by atoms with Gasteiger partial charge in [-0.2, -0.15) is 0 Å². The molecule has 0 unspecified atom stereocenters. The Morgan fingerprint density at radius 3 is 2.54 bits per heavy atom. The van der Waals surface area contributed by atoms with E-state index in [0.717, 1.165) is 56.3 Å². The van der Waals surface area contributed by atoms with Gasteiger partial charge in [-0.3, -0.25) is 9.20 Å². The van der Waals surface area contributed by atoms with Gasteiger partial charge in [0.1, 0.15) is 44.1 Å². The van der Waals surface area contributed by atoms with Crippen LogP contribution in [-0.4, -0.2) is 42.1 Å². The predicted octanol–water partition coefficient (Wildman–Crippen LogP) is -0.000280. The molecule has 0 aliphatic carbocycles. The van der Waals surface area contributed by atoms with Gasteiger partial charge in [-0.1, -0.05) is 42.5 Å². The Hall–Kier alpha value is -2.76. The molecule has 1 saturated heterocycles. The number of aryl methyl sites for hydroxylation is 1. The molecule has 5 nitrogen and oxygen atoms in total. The molecule has 1 aromatic carbocycles. The largest absolute Gasteiger partial charge is 0.322 e. The average molecular weight is 377 g/mol. The molecule has 0 saturated carbocycles. The fraction of sp³-hybridized carbons (Fsp3) is 0.304. The van der Waals surface area contributed by atoms with Gasteiger partial charge >= 0.3 is 0 Å². The van der Waals surface area contributed by atoms with Gasteiger partial charge in [-0.25, -0.2) is 4.98 Å². The molecule has 1 aliphatic heterocycles. The van der Waals surface area contributed by atoms with Crippen LogP contribution in [0.25, 0.3) is 11.7 Å². The van der Waals surface area contributed by atoms with Crippen molar-refractivity contribution in [1.29, 1.82) is 0 Å². The molecule has 28 heavy (non-hydrogen) atoms. The molecule has 0 amide bonds. The lowest BCUT2D eigenvalue weighted by Crippen LogP contribution is -3.27. The van der Waals surface area contributed by atoms with Gasteiger partial charge in [0.25, 0.3) is 5.56 Å². The third-order valence-electron chi connectivity index (χ3n) is 5.54. The van der Waals surface area contributed by atoms with Crippen molar-refractivity contribution in [3.05, 3.63) is 88.0 Å². The van der Waals surface area contributed by atoms with Crippen molar-refractivity contribution < 1.29 is 9.80 Å². The van der Waals surface area contributed by atoms with E-state index in [4.69, 9.17) is 4.98 Å². The number of nitrogens with one attached hydrogen (secondary N) is 2. The average Bonchev–Trinajstić information content (AvgIpc) is 2.70. The quantitative estimate of drug-likeness (QED) is 0.658. The maximum absolute atomic E-state index is 12.5. The zero-order valence-corrected chi connectivity index (χ0v) is 16.4. The van der Waals surface area contributed by atoms with E-state index in [1.807, 2.05) is 31.2 Å². The molecule has 0 spiro atoms. The highest BCUT2D eigenvalue weighted by molar-refractivity contribution is 5.48. The Bertz CT molecular complexity index is 1020. The molecule has 5 heteroatoms. The lowest BCUT2D eigenvalue weighted by molar-refractivity contribution is -1.02. The second-order valence-electron chi connectivity index (χ2n) is 7.64. The van der Waals surface area contributed by atoms with Gasteiger partial charge < -0.3 is 9.80 Å². The molecular formula is C23H28N4O+2. The molecule has 3 aromatic rings. The van der Waals surface area contributed by atoms with E-state index in [1.165, 1.54) is 10.5 Å². The first kappa shape index (κ1) is 18.6. The number of aromatic nitrogens is 2. The number of fused-ring (bicyclic) bond motifs is 1. The smallest absolute Gasteiger partial charge is 0.258 e. The van der Waals surface area contributed by atoms with Crippen LogP contribution in [0.3, 0.4) is 0 Å². The van der Waals surface area contributed by atoms with E-state index in [2.05, 4.69) is 36.4 Å². The Morgan fingerprint density at radius 2 is 1.75 bits per heavy atom. The SMILES string of the molecule is Cc1cccc2nc(C[NH+]3CC[NH+](C/C=C/c4ccccc4)CC3)cc(=O)n12. The van der Waals surface area contributed by atoms with Crippen molar-refractivity contribution in [3.63, 3.8) is 0 Å². The van der Waals surface area contributed by atoms with Crippen LogP contribution in [0.5, 0.6) is 0 Å². The van der Waals surface area contributed by atoms with Gasteiger partial charge in [0.05, 0.1) is 6.54 Å². The Morgan fingerprint density at radius 1 is 1.00 bits per heavy atom. The summed E-state index contributed by atoms with van der Waals surface area (Å²) >= 11 is 0. The van der Waals surface area contributed by atoms with Crippen molar-refractivity contribution in [1.82, 2.24) is 9.38 Å². The number of hydrogen-bond donors (Lipinski definition) is 2. The number of pyridine rings is 1. The zero-order valence-electron chi connectivity index (χ0n) is 16.4. The molecule has 2 aromatic heterocycles. The van der Waals surface area contributed by atoms with Crippen LogP contribution in [0, 0.1) is 6.92 Å². The Kier molecular flexibility index (Phi) is 5.65. The predicted molar refractivity (Wildman–Crippen MR) is 112 cm³/mol. The van der Waals surface area contributed by atoms with E-state index in [-0.39, 0.29) is 5.56 Å². The Labute approximate surface area is 165 Å². The number of piperazine rings is 1. The van der Waals surface area contributed by atoms with E-state index in [1.54, 1.807) is 15.4 Å². The number of quaternary nitrogens is 2. The summed E-state index contributed by atoms with van der Waals surface area (Å²) in [6, 6.07) is 18.0. The highest BCUT2D eigenvalue weighted by atomic mass is 16.1. The summed E-state index contributed by atoms with van der Waals surface area (Å²) in [4.78, 5) is 20.3. The summed E-state index contributed by atoms with van der Waals surface area (Å²) in [5.41, 5.74) is 3.85. The van der Waals surface area contributed by atoms with Crippen molar-refractivity contribution in [2.45, 2.75) is 13.5 Å². The summed E-state index contributed by atoms with van der Waals surface area (Å²) in [7, 11) is 0. The van der Waals surface area contributed by atoms with Crippen molar-refractivity contribution in [3.8, 4) is 0 Å². The second kappa shape index (κ2) is 8.50. The highest BCUT2D eigenvalue weighted by Crippen LogP contribution is 2.02. The first-order valence-corrected chi connectivity index (χ1v) is 10.1. The van der Waals surface area contributed by atoms with Crippen LogP contribution < -0.4 is 15.4 Å². The van der Waals surface area contributed by atoms with Crippen molar-refractivity contribution >= 4 is 11.7 Å². The zero-order chi connectivity index (χ0) is 19.3. The summed E-state index contributed by atoms with van der Waals surface area (Å²) in [5, 5.41) is 0. The van der Waals surface area contributed by atoms with Gasteiger partial charge in [0.2, 0.25) is 0 Å². The highest BCUT2D eigenvalue weighted by Gasteiger charge is 2.22. The molecular weight excluding hydrogens is 348 g/mol. The standard InChI is InChI=1S/C23H26N4O/c1-19-7-5-11-22-24-21(17-23(28)27(19)22)18-26-15-13-25(14-16-26)12-6-10-20-8-3-2-4-9-20/h2-11,17H,12-16,18H2,1H3/p+2/b10-6+. The van der Waals surface area contributed by atoms with Crippen molar-refractivity contribution in [2.75, 3.05) is 32.7 Å². The van der Waals surface area contributed by atoms with E-state index in [9.17, 15) is 4.79 Å². The fourth-order valence-electron chi connectivity index (χ4n) is 3.97. The van der Waals surface area contributed by atoms with Crippen LogP contribution in [0.15, 0.2) is 65.5 Å². The van der Waals surface area contributed by atoms with E-state index >= 15 is 0 Å². The first-order chi connectivity index (χ1) is 13.7. The van der Waals surface area contributed by atoms with Crippen LogP contribution in [0.2, 0.25) is 0 Å². The lowest BCUT2D eigenvalue weighted by atomic mass is 10.2. The molecule has 0 bridgehead atoms. The molecule has 0 radical (unpaired) electrons. The van der Waals surface area contributed by atoms with Gasteiger partial charge in [0.15, 0.2) is 0 Å². The number of benzene rings is 1. The molecule has 0 atom stereocenters. The summed E-state index contributed by atoms with van der Waals surface area (Å²) in [5.74, 6) is 0. The minimum Gasteiger partial charge on any atom is -0.322 e. The van der Waals surface area contributed by atoms with Crippen LogP contribution in [-0.2, 0) is 6.54 Å². The van der Waals surface area contributed by atoms with E-state index in [0.29, 0.717) is 0 Å². The number of nitrogens with zero attached hydrogens (tertiary/aromatic N) is 2. The Balaban J connectivity index is 1.33. The van der Waals surface area contributed by atoms with Gasteiger partial charge in [0, 0.05) is 11.8 Å². The molecule has 3 heterocycles. The fourth-order valence-corrected chi connectivity index (χ4v) is 3.97. The molecule has 2 N–H and O–H groups in total. The van der Waals surface area contributed by atoms with Crippen LogP contribution >= 0.6 is 0 Å². The third kappa shape index (κ3) is 4.38. The summed E-state index contributed by atoms with van der Waals surface area (Å²) in [6.07, 6.45) is 4.49.